The van der Waals surface area contributed by atoms with Gasteiger partial charge in [-0.1, -0.05) is 212 Å². The number of carboxylic acid groups (broad SMARTS) is 2. The molecule has 115 heavy (non-hydrogen) atoms. The van der Waals surface area contributed by atoms with Crippen molar-refractivity contribution in [2.45, 2.75) is 200 Å². The van der Waals surface area contributed by atoms with E-state index in [4.69, 9.17) is 114 Å². The molecule has 12 rings (SSSR count). The van der Waals surface area contributed by atoms with Crippen LogP contribution >= 0.6 is 0 Å². The summed E-state index contributed by atoms with van der Waals surface area (Å²) in [6.07, 6.45) is -32.5. The SMILES string of the molecule is CO[C@H]1O[C@H](COCc2ccccc2)[C@@H](O[C@@H]2O[C@@H](C(=O)O)[C@@H](O[C@H]3O[C@H](COCc4ccccc4)[C@@H](O[C@@H]4O[C@H](C(=O)O)[C@@H](O[C@H]5O[C@H](COCc6ccccc6)[C@@H](OC)[C@H](OC)[C@H]5OC)[C@H](OC)[C@H]4OC)[C@H](OCc4ccccc4)[C@H]3OCc3ccccc3)[C@H](OC)[C@H]2OC)[C@H](OCc2ccccc2)[C@H]1OCc1ccccc1. The topological polar surface area (TPSA) is 296 Å². The quantitative estimate of drug-likeness (QED) is 0.0360. The molecule has 0 radical (unpaired) electrons. The monoisotopic (exact) mass is 1600 g/mol. The molecule has 0 amide bonds. The minimum Gasteiger partial charge on any atom is -0.479 e. The number of carbonyl (C=O) groups is 2. The fraction of sp³-hybridized carbons (Fsp3) is 0.494. The summed E-state index contributed by atoms with van der Waals surface area (Å²) < 4.78 is 159. The smallest absolute Gasteiger partial charge is 0.335 e. The van der Waals surface area contributed by atoms with Gasteiger partial charge in [-0.2, -0.15) is 0 Å². The van der Waals surface area contributed by atoms with Gasteiger partial charge in [0.05, 0.1) is 66.1 Å². The second-order valence-electron chi connectivity index (χ2n) is 28.2. The molecule has 0 aliphatic carbocycles. The summed E-state index contributed by atoms with van der Waals surface area (Å²) in [5.41, 5.74) is 5.75. The molecule has 28 nitrogen and oxygen atoms in total. The van der Waals surface area contributed by atoms with Crippen LogP contribution in [0.3, 0.4) is 0 Å². The first-order valence-electron chi connectivity index (χ1n) is 38.4. The van der Waals surface area contributed by atoms with Gasteiger partial charge in [0.25, 0.3) is 0 Å². The summed E-state index contributed by atoms with van der Waals surface area (Å²) in [7, 11) is 11.5. The largest absolute Gasteiger partial charge is 0.479 e. The van der Waals surface area contributed by atoms with Crippen molar-refractivity contribution in [2.75, 3.05) is 76.7 Å². The fourth-order valence-corrected chi connectivity index (χ4v) is 15.2. The molecular formula is C87H106O28. The van der Waals surface area contributed by atoms with Crippen LogP contribution in [0, 0.1) is 0 Å². The molecule has 0 bridgehead atoms. The Labute approximate surface area is 670 Å². The van der Waals surface area contributed by atoms with E-state index in [2.05, 4.69) is 0 Å². The molecule has 0 spiro atoms. The molecule has 25 atom stereocenters. The number of carboxylic acids is 2. The highest BCUT2D eigenvalue weighted by molar-refractivity contribution is 5.74. The van der Waals surface area contributed by atoms with E-state index in [0.29, 0.717) is 5.56 Å². The number of rotatable bonds is 42. The first-order valence-corrected chi connectivity index (χ1v) is 38.4. The van der Waals surface area contributed by atoms with Crippen LogP contribution in [0.2, 0.25) is 0 Å². The lowest BCUT2D eigenvalue weighted by atomic mass is 9.94. The van der Waals surface area contributed by atoms with Crippen LogP contribution in [0.15, 0.2) is 212 Å². The van der Waals surface area contributed by atoms with E-state index in [1.807, 2.05) is 212 Å². The van der Waals surface area contributed by atoms with Gasteiger partial charge < -0.3 is 124 Å². The van der Waals surface area contributed by atoms with Gasteiger partial charge in [0, 0.05) is 56.9 Å². The zero-order chi connectivity index (χ0) is 80.4. The summed E-state index contributed by atoms with van der Waals surface area (Å²) >= 11 is 0. The molecule has 28 heteroatoms. The van der Waals surface area contributed by atoms with Crippen LogP contribution in [0.4, 0.5) is 0 Å². The second kappa shape index (κ2) is 44.4. The third-order valence-corrected chi connectivity index (χ3v) is 20.9. The van der Waals surface area contributed by atoms with E-state index in [0.717, 1.165) is 33.4 Å². The highest BCUT2D eigenvalue weighted by atomic mass is 16.8. The Bertz CT molecular complexity index is 3910. The maximum absolute atomic E-state index is 14.4. The van der Waals surface area contributed by atoms with Gasteiger partial charge in [-0.05, 0) is 38.9 Å². The van der Waals surface area contributed by atoms with Gasteiger partial charge in [0.1, 0.15) is 110 Å². The highest BCUT2D eigenvalue weighted by Gasteiger charge is 2.61. The lowest BCUT2D eigenvalue weighted by Gasteiger charge is -2.52. The van der Waals surface area contributed by atoms with Crippen molar-refractivity contribution in [3.8, 4) is 0 Å². The molecule has 5 aliphatic rings. The average molecular weight is 1600 g/mol. The molecule has 5 fully saturated rings. The molecule has 5 saturated heterocycles. The number of ether oxygens (including phenoxy) is 24. The van der Waals surface area contributed by atoms with E-state index in [9.17, 15) is 19.8 Å². The van der Waals surface area contributed by atoms with Gasteiger partial charge >= 0.3 is 11.9 Å². The molecule has 622 valence electrons. The van der Waals surface area contributed by atoms with E-state index < -0.39 is 165 Å². The summed E-state index contributed by atoms with van der Waals surface area (Å²) in [6, 6.07) is 66.4. The van der Waals surface area contributed by atoms with Crippen molar-refractivity contribution in [3.63, 3.8) is 0 Å². The molecule has 5 aliphatic heterocycles. The van der Waals surface area contributed by atoms with Gasteiger partial charge in [-0.15, -0.1) is 0 Å². The summed E-state index contributed by atoms with van der Waals surface area (Å²) in [4.78, 5) is 28.5. The second-order valence-corrected chi connectivity index (χ2v) is 28.2. The third-order valence-electron chi connectivity index (χ3n) is 20.9. The molecule has 2 N–H and O–H groups in total. The number of benzene rings is 7. The Morgan fingerprint density at radius 2 is 0.470 bits per heavy atom. The van der Waals surface area contributed by atoms with Crippen LogP contribution in [-0.4, -0.2) is 252 Å². The maximum Gasteiger partial charge on any atom is 0.335 e. The van der Waals surface area contributed by atoms with Gasteiger partial charge in [-0.25, -0.2) is 9.59 Å². The van der Waals surface area contributed by atoms with E-state index in [-0.39, 0.29) is 66.1 Å². The van der Waals surface area contributed by atoms with Crippen molar-refractivity contribution >= 4 is 11.9 Å². The van der Waals surface area contributed by atoms with Crippen LogP contribution in [0.1, 0.15) is 38.9 Å². The molecule has 7 aromatic rings. The highest BCUT2D eigenvalue weighted by Crippen LogP contribution is 2.42. The number of aliphatic carboxylic acids is 2. The minimum absolute atomic E-state index is 0.0114. The Morgan fingerprint density at radius 3 is 0.748 bits per heavy atom. The van der Waals surface area contributed by atoms with Crippen molar-refractivity contribution in [1.82, 2.24) is 0 Å². The molecule has 0 saturated carbocycles. The molecular weight excluding hydrogens is 1490 g/mol. The zero-order valence-electron chi connectivity index (χ0n) is 65.7. The van der Waals surface area contributed by atoms with Crippen molar-refractivity contribution in [1.29, 1.82) is 0 Å². The summed E-state index contributed by atoms with van der Waals surface area (Å²) in [5, 5.41) is 23.2. The van der Waals surface area contributed by atoms with Crippen molar-refractivity contribution in [2.24, 2.45) is 0 Å². The third kappa shape index (κ3) is 22.7. The molecule has 5 heterocycles. The zero-order valence-corrected chi connectivity index (χ0v) is 65.7. The molecule has 0 aromatic heterocycles. The van der Waals surface area contributed by atoms with Gasteiger partial charge in [0.15, 0.2) is 43.7 Å². The Balaban J connectivity index is 0.889. The Morgan fingerprint density at radius 1 is 0.243 bits per heavy atom. The number of hydrogen-bond donors (Lipinski definition) is 2. The average Bonchev–Trinajstić information content (AvgIpc) is 0.762. The fourth-order valence-electron chi connectivity index (χ4n) is 15.2. The van der Waals surface area contributed by atoms with Crippen molar-refractivity contribution in [3.05, 3.63) is 251 Å². The Hall–Kier alpha value is -7.48. The standard InChI is InChI=1S/C87H106O28/c1-92-64-61(51-100-44-54-30-16-9-17-31-54)108-84(76(96-5)67(64)93-2)112-72-68(94-3)77(97-6)86(114-74(72)81(88)89)111-66-63(53-102-46-56-34-20-11-21-35-56)109-87(80(106-50-60-42-28-15-29-43-60)71(66)104-48-58-38-24-13-25-39-58)113-73-69(95-4)78(98-7)85(115-75(73)82(90)91)110-65-62(52-101-45-55-32-18-10-19-33-55)107-83(99-8)79(105-49-59-40-26-14-27-41-59)70(65)103-47-57-36-22-12-23-37-57/h9-43,61-80,83-87H,44-53H2,1-8H3,(H,88,89)(H,90,91)/t61-,62-,63-,64-,65-,66-,67+,68+,69+,70+,71+,72+,73+,74+,75-,76-,77-,78-,79-,80-,83+,84-,85-,86-,87-/m1/s1. The number of hydrogen-bond acceptors (Lipinski definition) is 26. The molecule has 0 unspecified atom stereocenters. The lowest BCUT2D eigenvalue weighted by Crippen LogP contribution is -2.69. The lowest BCUT2D eigenvalue weighted by molar-refractivity contribution is -0.398. The van der Waals surface area contributed by atoms with Crippen LogP contribution in [0.5, 0.6) is 0 Å². The summed E-state index contributed by atoms with van der Waals surface area (Å²) in [6.45, 7) is 0.159. The Kier molecular flexibility index (Phi) is 33.5. The summed E-state index contributed by atoms with van der Waals surface area (Å²) in [5.74, 6) is -2.96. The van der Waals surface area contributed by atoms with E-state index in [1.165, 1.54) is 56.9 Å². The van der Waals surface area contributed by atoms with Crippen LogP contribution < -0.4 is 0 Å². The maximum atomic E-state index is 14.4. The first kappa shape index (κ1) is 86.8. The van der Waals surface area contributed by atoms with Gasteiger partial charge in [-0.3, -0.25) is 0 Å². The predicted molar refractivity (Wildman–Crippen MR) is 409 cm³/mol. The van der Waals surface area contributed by atoms with E-state index in [1.54, 1.807) is 0 Å². The van der Waals surface area contributed by atoms with Crippen molar-refractivity contribution < 1.29 is 133 Å². The minimum atomic E-state index is -1.94. The van der Waals surface area contributed by atoms with Gasteiger partial charge in [0.2, 0.25) is 0 Å². The predicted octanol–water partition coefficient (Wildman–Crippen LogP) is 9.06. The van der Waals surface area contributed by atoms with E-state index >= 15 is 0 Å². The van der Waals surface area contributed by atoms with Crippen LogP contribution in [0.25, 0.3) is 0 Å². The molecule has 7 aromatic carbocycles. The number of methoxy groups -OCH3 is 8. The van der Waals surface area contributed by atoms with Crippen LogP contribution in [-0.2, 0) is 170 Å². The normalized spacial score (nSPS) is 31.7. The first-order chi connectivity index (χ1) is 56.3.